The zero-order chi connectivity index (χ0) is 14.9. The third-order valence-electron chi connectivity index (χ3n) is 3.75. The Hall–Kier alpha value is -1.21. The van der Waals surface area contributed by atoms with Gasteiger partial charge in [0.2, 0.25) is 5.91 Å². The third-order valence-corrected chi connectivity index (χ3v) is 6.43. The van der Waals surface area contributed by atoms with Gasteiger partial charge < -0.3 is 5.32 Å². The fourth-order valence-corrected chi connectivity index (χ4v) is 5.29. The number of nitrogens with one attached hydrogen (secondary N) is 1. The van der Waals surface area contributed by atoms with Crippen molar-refractivity contribution in [2.24, 2.45) is 5.92 Å². The Morgan fingerprint density at radius 2 is 2.29 bits per heavy atom. The van der Waals surface area contributed by atoms with Gasteiger partial charge in [0, 0.05) is 35.6 Å². The Bertz CT molecular complexity index is 655. The van der Waals surface area contributed by atoms with Gasteiger partial charge in [-0.1, -0.05) is 6.08 Å². The molecule has 1 aliphatic carbocycles. The highest BCUT2D eigenvalue weighted by Crippen LogP contribution is 2.27. The first-order chi connectivity index (χ1) is 10.0. The molecule has 1 unspecified atom stereocenters. The maximum atomic E-state index is 11.8. The van der Waals surface area contributed by atoms with Crippen LogP contribution in [-0.2, 0) is 33.9 Å². The van der Waals surface area contributed by atoms with E-state index in [1.165, 1.54) is 22.4 Å². The van der Waals surface area contributed by atoms with Gasteiger partial charge in [0.1, 0.15) is 0 Å². The van der Waals surface area contributed by atoms with E-state index in [9.17, 15) is 13.2 Å². The summed E-state index contributed by atoms with van der Waals surface area (Å²) in [4.78, 5) is 17.8. The van der Waals surface area contributed by atoms with Crippen LogP contribution in [0.15, 0.2) is 11.5 Å². The van der Waals surface area contributed by atoms with E-state index in [-0.39, 0.29) is 24.0 Å². The zero-order valence-electron chi connectivity index (χ0n) is 11.7. The number of aryl methyl sites for hydroxylation is 2. The second-order valence-corrected chi connectivity index (χ2v) is 8.65. The smallest absolute Gasteiger partial charge is 0.220 e. The van der Waals surface area contributed by atoms with Crippen molar-refractivity contribution >= 4 is 27.1 Å². The standard InChI is InChI=1S/C14H18N2O3S2/c17-13(8-10-5-7-21(18,19)9-10)15-6-4-14-16-11-2-1-3-12(11)20-14/h5,7,10H,1-4,6,8-9H2,(H,15,17). The van der Waals surface area contributed by atoms with E-state index in [0.29, 0.717) is 6.54 Å². The molecule has 1 amide bonds. The Balaban J connectivity index is 1.41. The molecule has 0 saturated heterocycles. The number of hydrogen-bond donors (Lipinski definition) is 1. The summed E-state index contributed by atoms with van der Waals surface area (Å²) in [6.07, 6.45) is 6.04. The normalized spacial score (nSPS) is 22.4. The van der Waals surface area contributed by atoms with E-state index in [1.807, 2.05) is 0 Å². The van der Waals surface area contributed by atoms with Gasteiger partial charge in [-0.2, -0.15) is 0 Å². The van der Waals surface area contributed by atoms with Crippen molar-refractivity contribution in [3.05, 3.63) is 27.1 Å². The van der Waals surface area contributed by atoms with Gasteiger partial charge in [-0.3, -0.25) is 4.79 Å². The first kappa shape index (κ1) is 14.7. The number of hydrogen-bond acceptors (Lipinski definition) is 5. The van der Waals surface area contributed by atoms with E-state index < -0.39 is 9.84 Å². The summed E-state index contributed by atoms with van der Waals surface area (Å²) >= 11 is 1.75. The van der Waals surface area contributed by atoms with E-state index in [2.05, 4.69) is 10.3 Å². The molecule has 7 heteroatoms. The molecule has 5 nitrogen and oxygen atoms in total. The molecule has 2 heterocycles. The molecule has 0 radical (unpaired) electrons. The maximum absolute atomic E-state index is 11.8. The lowest BCUT2D eigenvalue weighted by Gasteiger charge is -2.07. The summed E-state index contributed by atoms with van der Waals surface area (Å²) < 4.78 is 22.5. The number of amides is 1. The molecule has 0 fully saturated rings. The molecule has 1 atom stereocenters. The number of thiazole rings is 1. The zero-order valence-corrected chi connectivity index (χ0v) is 13.3. The Morgan fingerprint density at radius 3 is 3.00 bits per heavy atom. The Kier molecular flexibility index (Phi) is 4.12. The van der Waals surface area contributed by atoms with Crippen molar-refractivity contribution in [1.82, 2.24) is 10.3 Å². The lowest BCUT2D eigenvalue weighted by Crippen LogP contribution is -2.27. The predicted octanol–water partition coefficient (Wildman–Crippen LogP) is 1.24. The largest absolute Gasteiger partial charge is 0.356 e. The number of carbonyl (C=O) groups is 1. The minimum atomic E-state index is -3.07. The minimum absolute atomic E-state index is 0.0552. The van der Waals surface area contributed by atoms with Crippen LogP contribution in [0.3, 0.4) is 0 Å². The van der Waals surface area contributed by atoms with Crippen molar-refractivity contribution in [3.8, 4) is 0 Å². The van der Waals surface area contributed by atoms with Gasteiger partial charge in [-0.05, 0) is 19.3 Å². The molecule has 1 aromatic heterocycles. The van der Waals surface area contributed by atoms with Crippen LogP contribution in [0, 0.1) is 5.92 Å². The second-order valence-electron chi connectivity index (χ2n) is 5.55. The summed E-state index contributed by atoms with van der Waals surface area (Å²) in [6, 6.07) is 0. The topological polar surface area (TPSA) is 76.1 Å². The molecule has 0 saturated carbocycles. The molecule has 1 aromatic rings. The van der Waals surface area contributed by atoms with E-state index in [0.717, 1.165) is 24.3 Å². The Morgan fingerprint density at radius 1 is 1.43 bits per heavy atom. The lowest BCUT2D eigenvalue weighted by atomic mass is 10.1. The lowest BCUT2D eigenvalue weighted by molar-refractivity contribution is -0.121. The van der Waals surface area contributed by atoms with Gasteiger partial charge in [0.15, 0.2) is 9.84 Å². The van der Waals surface area contributed by atoms with Crippen LogP contribution in [0.5, 0.6) is 0 Å². The predicted molar refractivity (Wildman–Crippen MR) is 81.9 cm³/mol. The van der Waals surface area contributed by atoms with Crippen molar-refractivity contribution < 1.29 is 13.2 Å². The molecule has 3 rings (SSSR count). The Labute approximate surface area is 128 Å². The third kappa shape index (κ3) is 3.71. The van der Waals surface area contributed by atoms with Gasteiger partial charge in [0.25, 0.3) is 0 Å². The highest BCUT2D eigenvalue weighted by atomic mass is 32.2. The summed E-state index contributed by atoms with van der Waals surface area (Å²) in [5, 5.41) is 5.15. The number of aromatic nitrogens is 1. The summed E-state index contributed by atoms with van der Waals surface area (Å²) in [5.41, 5.74) is 1.24. The molecule has 1 aliphatic heterocycles. The number of rotatable bonds is 5. The van der Waals surface area contributed by atoms with Crippen molar-refractivity contribution in [1.29, 1.82) is 0 Å². The van der Waals surface area contributed by atoms with Gasteiger partial charge in [-0.25, -0.2) is 13.4 Å². The van der Waals surface area contributed by atoms with Crippen LogP contribution >= 0.6 is 11.3 Å². The monoisotopic (exact) mass is 326 g/mol. The van der Waals surface area contributed by atoms with Crippen LogP contribution < -0.4 is 5.32 Å². The van der Waals surface area contributed by atoms with Crippen LogP contribution in [0.4, 0.5) is 0 Å². The van der Waals surface area contributed by atoms with Crippen molar-refractivity contribution in [2.45, 2.75) is 32.1 Å². The quantitative estimate of drug-likeness (QED) is 0.883. The van der Waals surface area contributed by atoms with E-state index >= 15 is 0 Å². The molecular formula is C14H18N2O3S2. The van der Waals surface area contributed by atoms with E-state index in [4.69, 9.17) is 0 Å². The second kappa shape index (κ2) is 5.88. The van der Waals surface area contributed by atoms with Gasteiger partial charge >= 0.3 is 0 Å². The minimum Gasteiger partial charge on any atom is -0.356 e. The average molecular weight is 326 g/mol. The highest BCUT2D eigenvalue weighted by Gasteiger charge is 2.23. The van der Waals surface area contributed by atoms with Crippen LogP contribution in [0.2, 0.25) is 0 Å². The number of sulfone groups is 1. The molecule has 0 bridgehead atoms. The fraction of sp³-hybridized carbons (Fsp3) is 0.571. The van der Waals surface area contributed by atoms with Crippen molar-refractivity contribution in [2.75, 3.05) is 12.3 Å². The summed E-state index contributed by atoms with van der Waals surface area (Å²) in [5.74, 6) is -0.218. The van der Waals surface area contributed by atoms with Crippen LogP contribution in [0.1, 0.15) is 28.4 Å². The summed E-state index contributed by atoms with van der Waals surface area (Å²) in [7, 11) is -3.07. The summed E-state index contributed by atoms with van der Waals surface area (Å²) in [6.45, 7) is 0.564. The molecule has 2 aliphatic rings. The SMILES string of the molecule is O=C(CC1C=CS(=O)(=O)C1)NCCc1nc2c(s1)CCC2. The molecule has 0 spiro atoms. The number of allylic oxidation sites excluding steroid dienone is 1. The van der Waals surface area contributed by atoms with Crippen molar-refractivity contribution in [3.63, 3.8) is 0 Å². The number of fused-ring (bicyclic) bond motifs is 1. The van der Waals surface area contributed by atoms with Gasteiger partial charge in [-0.15, -0.1) is 11.3 Å². The molecular weight excluding hydrogens is 308 g/mol. The number of carbonyl (C=O) groups excluding carboxylic acids is 1. The fourth-order valence-electron chi connectivity index (χ4n) is 2.74. The van der Waals surface area contributed by atoms with E-state index in [1.54, 1.807) is 17.4 Å². The molecule has 0 aromatic carbocycles. The first-order valence-corrected chi connectivity index (χ1v) is 9.70. The molecule has 114 valence electrons. The molecule has 21 heavy (non-hydrogen) atoms. The molecule has 1 N–H and O–H groups in total. The maximum Gasteiger partial charge on any atom is 0.220 e. The number of nitrogens with zero attached hydrogens (tertiary/aromatic N) is 1. The average Bonchev–Trinajstić information content (AvgIpc) is 3.04. The highest BCUT2D eigenvalue weighted by molar-refractivity contribution is 7.94. The van der Waals surface area contributed by atoms with Crippen LogP contribution in [0.25, 0.3) is 0 Å². The van der Waals surface area contributed by atoms with Crippen LogP contribution in [-0.4, -0.2) is 31.6 Å². The van der Waals surface area contributed by atoms with Gasteiger partial charge in [0.05, 0.1) is 16.5 Å². The first-order valence-electron chi connectivity index (χ1n) is 7.17.